The normalized spacial score (nSPS) is 14.5. The van der Waals surface area contributed by atoms with Crippen LogP contribution in [0.3, 0.4) is 0 Å². The van der Waals surface area contributed by atoms with Gasteiger partial charge in [-0.2, -0.15) is 0 Å². The maximum Gasteiger partial charge on any atom is 0.265 e. The molecule has 0 aliphatic carbocycles. The number of benzene rings is 2. The summed E-state index contributed by atoms with van der Waals surface area (Å²) in [5.41, 5.74) is 1.83. The number of ether oxygens (including phenoxy) is 1. The molecule has 142 valence electrons. The van der Waals surface area contributed by atoms with Crippen molar-refractivity contribution < 1.29 is 14.3 Å². The average Bonchev–Trinajstić information content (AvgIpc) is 2.67. The second-order valence-corrected chi connectivity index (χ2v) is 7.21. The van der Waals surface area contributed by atoms with Crippen molar-refractivity contribution in [2.45, 2.75) is 32.7 Å². The maximum absolute atomic E-state index is 12.6. The maximum atomic E-state index is 12.6. The zero-order valence-corrected chi connectivity index (χ0v) is 15.9. The first-order chi connectivity index (χ1) is 13.0. The molecular weight excluding hydrogens is 340 g/mol. The third-order valence-electron chi connectivity index (χ3n) is 4.61. The Morgan fingerprint density at radius 2 is 1.81 bits per heavy atom. The first-order valence-corrected chi connectivity index (χ1v) is 9.41. The minimum atomic E-state index is -0.122. The van der Waals surface area contributed by atoms with Crippen LogP contribution in [-0.2, 0) is 9.59 Å². The molecule has 0 spiro atoms. The highest BCUT2D eigenvalue weighted by Crippen LogP contribution is 2.31. The van der Waals surface area contributed by atoms with E-state index in [1.54, 1.807) is 4.90 Å². The van der Waals surface area contributed by atoms with Crippen LogP contribution in [-0.4, -0.2) is 25.0 Å². The molecule has 2 aromatic rings. The minimum Gasteiger partial charge on any atom is -0.482 e. The molecule has 5 heteroatoms. The van der Waals surface area contributed by atoms with Gasteiger partial charge >= 0.3 is 0 Å². The van der Waals surface area contributed by atoms with E-state index in [2.05, 4.69) is 19.2 Å². The summed E-state index contributed by atoms with van der Waals surface area (Å²) in [6.07, 6.45) is 1.12. The van der Waals surface area contributed by atoms with E-state index in [1.807, 2.05) is 54.6 Å². The van der Waals surface area contributed by atoms with Crippen molar-refractivity contribution in [3.05, 3.63) is 60.2 Å². The Morgan fingerprint density at radius 1 is 1.11 bits per heavy atom. The van der Waals surface area contributed by atoms with Crippen LogP contribution in [0.5, 0.6) is 5.75 Å². The summed E-state index contributed by atoms with van der Waals surface area (Å²) in [5, 5.41) is 3.13. The molecule has 0 fully saturated rings. The lowest BCUT2D eigenvalue weighted by atomic mass is 9.97. The van der Waals surface area contributed by atoms with Crippen molar-refractivity contribution in [3.63, 3.8) is 0 Å². The second kappa shape index (κ2) is 8.71. The van der Waals surface area contributed by atoms with E-state index in [1.165, 1.54) is 0 Å². The lowest BCUT2D eigenvalue weighted by Gasteiger charge is -2.29. The Morgan fingerprint density at radius 3 is 2.56 bits per heavy atom. The summed E-state index contributed by atoms with van der Waals surface area (Å²) < 4.78 is 5.45. The van der Waals surface area contributed by atoms with Gasteiger partial charge in [0.25, 0.3) is 5.91 Å². The molecule has 0 unspecified atom stereocenters. The van der Waals surface area contributed by atoms with Crippen LogP contribution in [0.4, 0.5) is 5.69 Å². The second-order valence-electron chi connectivity index (χ2n) is 7.21. The summed E-state index contributed by atoms with van der Waals surface area (Å²) in [6.45, 7) is 4.64. The van der Waals surface area contributed by atoms with Crippen molar-refractivity contribution in [2.24, 2.45) is 5.92 Å². The number of amides is 2. The van der Waals surface area contributed by atoms with E-state index in [0.29, 0.717) is 18.2 Å². The fraction of sp³-hybridized carbons (Fsp3) is 0.364. The van der Waals surface area contributed by atoms with Gasteiger partial charge in [0.1, 0.15) is 5.75 Å². The Kier molecular flexibility index (Phi) is 6.12. The van der Waals surface area contributed by atoms with Crippen LogP contribution in [0.2, 0.25) is 0 Å². The van der Waals surface area contributed by atoms with Gasteiger partial charge in [-0.1, -0.05) is 56.3 Å². The molecule has 1 heterocycles. The number of nitrogens with zero attached hydrogens (tertiary/aromatic N) is 1. The summed E-state index contributed by atoms with van der Waals surface area (Å²) in [4.78, 5) is 26.5. The Bertz CT molecular complexity index is 789. The first kappa shape index (κ1) is 19.0. The van der Waals surface area contributed by atoms with Crippen LogP contribution >= 0.6 is 0 Å². The largest absolute Gasteiger partial charge is 0.482 e. The number of nitrogens with one attached hydrogen (secondary N) is 1. The topological polar surface area (TPSA) is 58.6 Å². The molecule has 0 saturated carbocycles. The minimum absolute atomic E-state index is 0.0125. The molecule has 2 aromatic carbocycles. The molecule has 3 rings (SSSR count). The number of hydrogen-bond donors (Lipinski definition) is 1. The van der Waals surface area contributed by atoms with Crippen molar-refractivity contribution in [2.75, 3.05) is 18.1 Å². The van der Waals surface area contributed by atoms with Crippen LogP contribution in [0.1, 0.15) is 38.3 Å². The molecule has 0 saturated heterocycles. The van der Waals surface area contributed by atoms with E-state index in [9.17, 15) is 9.59 Å². The van der Waals surface area contributed by atoms with Gasteiger partial charge in [0, 0.05) is 13.0 Å². The first-order valence-electron chi connectivity index (χ1n) is 9.41. The van der Waals surface area contributed by atoms with Gasteiger partial charge in [-0.05, 0) is 30.0 Å². The molecule has 5 nitrogen and oxygen atoms in total. The summed E-state index contributed by atoms with van der Waals surface area (Å²) in [5.74, 6) is 0.965. The summed E-state index contributed by atoms with van der Waals surface area (Å²) in [6, 6.07) is 17.4. The third kappa shape index (κ3) is 4.88. The molecule has 1 atom stereocenters. The highest BCUT2D eigenvalue weighted by Gasteiger charge is 2.26. The Hall–Kier alpha value is -2.82. The number of carbonyl (C=O) groups is 2. The Balaban J connectivity index is 1.64. The van der Waals surface area contributed by atoms with Crippen LogP contribution < -0.4 is 15.0 Å². The SMILES string of the molecule is CC(C)C[C@@H](NC(=O)CCN1C(=O)COc2ccccc21)c1ccccc1. The van der Waals surface area contributed by atoms with E-state index < -0.39 is 0 Å². The lowest BCUT2D eigenvalue weighted by molar-refractivity contribution is -0.122. The van der Waals surface area contributed by atoms with E-state index in [-0.39, 0.29) is 30.9 Å². The monoisotopic (exact) mass is 366 g/mol. The van der Waals surface area contributed by atoms with Gasteiger partial charge in [-0.25, -0.2) is 0 Å². The summed E-state index contributed by atoms with van der Waals surface area (Å²) >= 11 is 0. The number of fused-ring (bicyclic) bond motifs is 1. The predicted octanol–water partition coefficient (Wildman–Crippen LogP) is 3.71. The van der Waals surface area contributed by atoms with Gasteiger partial charge in [0.05, 0.1) is 11.7 Å². The van der Waals surface area contributed by atoms with E-state index in [0.717, 1.165) is 17.7 Å². The number of hydrogen-bond acceptors (Lipinski definition) is 3. The van der Waals surface area contributed by atoms with Crippen molar-refractivity contribution >= 4 is 17.5 Å². The molecule has 27 heavy (non-hydrogen) atoms. The highest BCUT2D eigenvalue weighted by molar-refractivity contribution is 5.98. The van der Waals surface area contributed by atoms with E-state index >= 15 is 0 Å². The van der Waals surface area contributed by atoms with Crippen LogP contribution in [0.15, 0.2) is 54.6 Å². The molecule has 0 aromatic heterocycles. The number of carbonyl (C=O) groups excluding carboxylic acids is 2. The fourth-order valence-corrected chi connectivity index (χ4v) is 3.31. The molecule has 0 radical (unpaired) electrons. The van der Waals surface area contributed by atoms with Gasteiger partial charge in [-0.15, -0.1) is 0 Å². The molecule has 2 amide bonds. The molecular formula is C22H26N2O3. The zero-order chi connectivity index (χ0) is 19.2. The summed E-state index contributed by atoms with van der Waals surface area (Å²) in [7, 11) is 0. The quantitative estimate of drug-likeness (QED) is 0.813. The number of rotatable bonds is 7. The standard InChI is InChI=1S/C22H26N2O3/c1-16(2)14-18(17-8-4-3-5-9-17)23-21(25)12-13-24-19-10-6-7-11-20(19)27-15-22(24)26/h3-11,16,18H,12-15H2,1-2H3,(H,23,25)/t18-/m1/s1. The lowest BCUT2D eigenvalue weighted by Crippen LogP contribution is -2.41. The fourth-order valence-electron chi connectivity index (χ4n) is 3.31. The molecule has 1 aliphatic rings. The molecule has 1 N–H and O–H groups in total. The molecule has 0 bridgehead atoms. The number of para-hydroxylation sites is 2. The van der Waals surface area contributed by atoms with Gasteiger partial charge in [0.2, 0.25) is 5.91 Å². The van der Waals surface area contributed by atoms with Gasteiger partial charge < -0.3 is 15.0 Å². The smallest absolute Gasteiger partial charge is 0.265 e. The van der Waals surface area contributed by atoms with Crippen LogP contribution in [0, 0.1) is 5.92 Å². The Labute approximate surface area is 160 Å². The average molecular weight is 366 g/mol. The van der Waals surface area contributed by atoms with Crippen molar-refractivity contribution in [1.82, 2.24) is 5.32 Å². The van der Waals surface area contributed by atoms with E-state index in [4.69, 9.17) is 4.74 Å². The predicted molar refractivity (Wildman–Crippen MR) is 106 cm³/mol. The zero-order valence-electron chi connectivity index (χ0n) is 15.9. The van der Waals surface area contributed by atoms with Crippen molar-refractivity contribution in [3.8, 4) is 5.75 Å². The number of anilines is 1. The van der Waals surface area contributed by atoms with Gasteiger partial charge in [0.15, 0.2) is 6.61 Å². The van der Waals surface area contributed by atoms with Gasteiger partial charge in [-0.3, -0.25) is 9.59 Å². The highest BCUT2D eigenvalue weighted by atomic mass is 16.5. The molecule has 1 aliphatic heterocycles. The third-order valence-corrected chi connectivity index (χ3v) is 4.61. The van der Waals surface area contributed by atoms with Crippen molar-refractivity contribution in [1.29, 1.82) is 0 Å². The van der Waals surface area contributed by atoms with Crippen LogP contribution in [0.25, 0.3) is 0 Å².